The van der Waals surface area contributed by atoms with Gasteiger partial charge in [-0.1, -0.05) is 68.6 Å². The van der Waals surface area contributed by atoms with Crippen LogP contribution in [0, 0.1) is 5.92 Å². The van der Waals surface area contributed by atoms with E-state index in [2.05, 4.69) is 65.0 Å². The fraction of sp³-hybridized carbons (Fsp3) is 0.739. The lowest BCUT2D eigenvalue weighted by Gasteiger charge is -2.24. The van der Waals surface area contributed by atoms with E-state index in [0.717, 1.165) is 12.8 Å². The maximum atomic E-state index is 10.2. The lowest BCUT2D eigenvalue weighted by atomic mass is 10.0. The molecule has 0 radical (unpaired) electrons. The van der Waals surface area contributed by atoms with Crippen LogP contribution in [-0.2, 0) is 4.74 Å². The number of unbranched alkanes of at least 4 members (excludes halogenated alkanes) is 5. The Balaban J connectivity index is 2.31. The Morgan fingerprint density at radius 1 is 1.12 bits per heavy atom. The Morgan fingerprint density at radius 2 is 1.84 bits per heavy atom. The van der Waals surface area contributed by atoms with Crippen LogP contribution in [0.15, 0.2) is 36.0 Å². The molecule has 144 valence electrons. The SMILES string of the molecule is CCCCCCC/C=C/C=C(C)/C=C/[C@H]1C[C@@H](OC(C)(C)C)C[C@@H]1O. The smallest absolute Gasteiger partial charge is 0.0628 e. The zero-order chi connectivity index (χ0) is 18.7. The van der Waals surface area contributed by atoms with E-state index in [1.807, 2.05) is 0 Å². The Hall–Kier alpha value is -0.860. The zero-order valence-corrected chi connectivity index (χ0v) is 17.1. The molecular weight excluding hydrogens is 308 g/mol. The van der Waals surface area contributed by atoms with Gasteiger partial charge in [0.15, 0.2) is 0 Å². The summed E-state index contributed by atoms with van der Waals surface area (Å²) in [4.78, 5) is 0. The quantitative estimate of drug-likeness (QED) is 0.367. The first-order valence-corrected chi connectivity index (χ1v) is 10.2. The van der Waals surface area contributed by atoms with E-state index < -0.39 is 0 Å². The largest absolute Gasteiger partial charge is 0.392 e. The fourth-order valence-corrected chi connectivity index (χ4v) is 3.32. The topological polar surface area (TPSA) is 29.5 Å². The molecule has 0 aromatic carbocycles. The minimum Gasteiger partial charge on any atom is -0.392 e. The molecule has 0 bridgehead atoms. The molecule has 1 N–H and O–H groups in total. The van der Waals surface area contributed by atoms with Crippen molar-refractivity contribution >= 4 is 0 Å². The number of hydrogen-bond acceptors (Lipinski definition) is 2. The second kappa shape index (κ2) is 11.7. The number of aliphatic hydroxyl groups is 1. The first kappa shape index (κ1) is 22.2. The van der Waals surface area contributed by atoms with Crippen LogP contribution in [0.3, 0.4) is 0 Å². The van der Waals surface area contributed by atoms with Crippen molar-refractivity contribution in [2.24, 2.45) is 5.92 Å². The molecular formula is C23H40O2. The summed E-state index contributed by atoms with van der Waals surface area (Å²) in [6, 6.07) is 0. The summed E-state index contributed by atoms with van der Waals surface area (Å²) in [6.07, 6.45) is 20.3. The summed E-state index contributed by atoms with van der Waals surface area (Å²) in [7, 11) is 0. The molecule has 3 atom stereocenters. The Labute approximate surface area is 156 Å². The van der Waals surface area contributed by atoms with Crippen molar-refractivity contribution < 1.29 is 9.84 Å². The van der Waals surface area contributed by atoms with Gasteiger partial charge in [-0.2, -0.15) is 0 Å². The molecule has 1 rings (SSSR count). The third-order valence-corrected chi connectivity index (χ3v) is 4.63. The van der Waals surface area contributed by atoms with Crippen LogP contribution in [0.2, 0.25) is 0 Å². The van der Waals surface area contributed by atoms with Gasteiger partial charge in [-0.3, -0.25) is 0 Å². The van der Waals surface area contributed by atoms with Crippen molar-refractivity contribution in [3.05, 3.63) is 36.0 Å². The maximum Gasteiger partial charge on any atom is 0.0628 e. The molecule has 1 aliphatic rings. The zero-order valence-electron chi connectivity index (χ0n) is 17.1. The molecule has 0 saturated heterocycles. The standard InChI is InChI=1S/C23H40O2/c1-6-7-8-9-10-11-12-13-14-19(2)15-16-20-17-21(18-22(20)24)25-23(3,4)5/h12-16,20-22,24H,6-11,17-18H2,1-5H3/b13-12+,16-15+,19-14+/t20-,21+,22-/m0/s1. The molecule has 0 spiro atoms. The van der Waals surface area contributed by atoms with Gasteiger partial charge in [0.05, 0.1) is 17.8 Å². The van der Waals surface area contributed by atoms with E-state index in [4.69, 9.17) is 4.74 Å². The van der Waals surface area contributed by atoms with Crippen LogP contribution >= 0.6 is 0 Å². The van der Waals surface area contributed by atoms with Crippen LogP contribution in [-0.4, -0.2) is 22.9 Å². The van der Waals surface area contributed by atoms with E-state index in [-0.39, 0.29) is 23.7 Å². The Morgan fingerprint density at radius 3 is 2.52 bits per heavy atom. The maximum absolute atomic E-state index is 10.2. The molecule has 0 aromatic heterocycles. The highest BCUT2D eigenvalue weighted by Crippen LogP contribution is 2.32. The van der Waals surface area contributed by atoms with E-state index in [1.165, 1.54) is 44.1 Å². The van der Waals surface area contributed by atoms with E-state index in [9.17, 15) is 5.11 Å². The molecule has 1 saturated carbocycles. The summed E-state index contributed by atoms with van der Waals surface area (Å²) >= 11 is 0. The molecule has 1 fully saturated rings. The van der Waals surface area contributed by atoms with E-state index in [0.29, 0.717) is 0 Å². The van der Waals surface area contributed by atoms with Crippen LogP contribution in [0.1, 0.15) is 86.0 Å². The molecule has 2 heteroatoms. The van der Waals surface area contributed by atoms with Gasteiger partial charge in [0.2, 0.25) is 0 Å². The highest BCUT2D eigenvalue weighted by atomic mass is 16.5. The number of aliphatic hydroxyl groups excluding tert-OH is 1. The van der Waals surface area contributed by atoms with Crippen molar-refractivity contribution in [1.82, 2.24) is 0 Å². The third kappa shape index (κ3) is 10.7. The van der Waals surface area contributed by atoms with Crippen molar-refractivity contribution in [1.29, 1.82) is 0 Å². The Kier molecular flexibility index (Phi) is 10.4. The van der Waals surface area contributed by atoms with Gasteiger partial charge >= 0.3 is 0 Å². The van der Waals surface area contributed by atoms with Crippen molar-refractivity contribution in [3.8, 4) is 0 Å². The highest BCUT2D eigenvalue weighted by Gasteiger charge is 2.34. The number of allylic oxidation sites excluding steroid dienone is 5. The van der Waals surface area contributed by atoms with Crippen molar-refractivity contribution in [2.45, 2.75) is 104 Å². The van der Waals surface area contributed by atoms with E-state index >= 15 is 0 Å². The Bertz CT molecular complexity index is 439. The summed E-state index contributed by atoms with van der Waals surface area (Å²) in [6.45, 7) is 10.6. The van der Waals surface area contributed by atoms with Gasteiger partial charge in [0.25, 0.3) is 0 Å². The van der Waals surface area contributed by atoms with Crippen molar-refractivity contribution in [2.75, 3.05) is 0 Å². The van der Waals surface area contributed by atoms with Crippen LogP contribution in [0.5, 0.6) is 0 Å². The monoisotopic (exact) mass is 348 g/mol. The van der Waals surface area contributed by atoms with Crippen LogP contribution in [0.4, 0.5) is 0 Å². The molecule has 0 unspecified atom stereocenters. The minimum atomic E-state index is -0.282. The average molecular weight is 349 g/mol. The summed E-state index contributed by atoms with van der Waals surface area (Å²) in [5.74, 6) is 0.207. The van der Waals surface area contributed by atoms with E-state index in [1.54, 1.807) is 0 Å². The summed E-state index contributed by atoms with van der Waals surface area (Å²) in [5, 5.41) is 10.2. The second-order valence-electron chi connectivity index (χ2n) is 8.46. The molecule has 25 heavy (non-hydrogen) atoms. The lowest BCUT2D eigenvalue weighted by molar-refractivity contribution is -0.0600. The second-order valence-corrected chi connectivity index (χ2v) is 8.46. The predicted octanol–water partition coefficient (Wildman–Crippen LogP) is 6.36. The molecule has 0 heterocycles. The van der Waals surface area contributed by atoms with Gasteiger partial charge in [-0.25, -0.2) is 0 Å². The third-order valence-electron chi connectivity index (χ3n) is 4.63. The average Bonchev–Trinajstić information content (AvgIpc) is 2.85. The van der Waals surface area contributed by atoms with Gasteiger partial charge in [0.1, 0.15) is 0 Å². The molecule has 2 nitrogen and oxygen atoms in total. The molecule has 0 amide bonds. The molecule has 0 aliphatic heterocycles. The summed E-state index contributed by atoms with van der Waals surface area (Å²) in [5.41, 5.74) is 1.09. The number of hydrogen-bond donors (Lipinski definition) is 1. The number of rotatable bonds is 10. The highest BCUT2D eigenvalue weighted by molar-refractivity contribution is 5.22. The van der Waals surface area contributed by atoms with Gasteiger partial charge in [-0.05, 0) is 47.0 Å². The predicted molar refractivity (Wildman–Crippen MR) is 109 cm³/mol. The van der Waals surface area contributed by atoms with Gasteiger partial charge < -0.3 is 9.84 Å². The van der Waals surface area contributed by atoms with Crippen LogP contribution in [0.25, 0.3) is 0 Å². The molecule has 1 aliphatic carbocycles. The number of ether oxygens (including phenoxy) is 1. The first-order valence-electron chi connectivity index (χ1n) is 10.2. The normalized spacial score (nSPS) is 25.5. The summed E-state index contributed by atoms with van der Waals surface area (Å²) < 4.78 is 6.01. The van der Waals surface area contributed by atoms with Gasteiger partial charge in [0, 0.05) is 12.3 Å². The van der Waals surface area contributed by atoms with Crippen molar-refractivity contribution in [3.63, 3.8) is 0 Å². The molecule has 0 aromatic rings. The first-order chi connectivity index (χ1) is 11.8. The lowest BCUT2D eigenvalue weighted by Crippen LogP contribution is -2.26. The van der Waals surface area contributed by atoms with Gasteiger partial charge in [-0.15, -0.1) is 0 Å². The van der Waals surface area contributed by atoms with Crippen LogP contribution < -0.4 is 0 Å². The fourth-order valence-electron chi connectivity index (χ4n) is 3.32. The minimum absolute atomic E-state index is 0.139.